The largest absolute Gasteiger partial charge is 0.497 e. The maximum atomic E-state index is 13.6. The van der Waals surface area contributed by atoms with E-state index in [4.69, 9.17) is 14.2 Å². The predicted molar refractivity (Wildman–Crippen MR) is 120 cm³/mol. The molecular formula is C22H22BrNO5S. The Hall–Kier alpha value is -2.71. The monoisotopic (exact) mass is 491 g/mol. The Labute approximate surface area is 185 Å². The number of halogens is 1. The summed E-state index contributed by atoms with van der Waals surface area (Å²) < 4.78 is 45.2. The summed E-state index contributed by atoms with van der Waals surface area (Å²) in [5.74, 6) is 1.63. The smallest absolute Gasteiger partial charge is 0.264 e. The van der Waals surface area contributed by atoms with E-state index in [9.17, 15) is 8.42 Å². The maximum absolute atomic E-state index is 13.6. The van der Waals surface area contributed by atoms with E-state index in [2.05, 4.69) is 15.9 Å². The number of ether oxygens (including phenoxy) is 3. The van der Waals surface area contributed by atoms with Crippen LogP contribution >= 0.6 is 15.9 Å². The van der Waals surface area contributed by atoms with Crippen LogP contribution in [0.2, 0.25) is 0 Å². The predicted octanol–water partition coefficient (Wildman–Crippen LogP) is 4.87. The number of rotatable bonds is 8. The minimum Gasteiger partial charge on any atom is -0.497 e. The third-order valence-corrected chi connectivity index (χ3v) is 6.73. The highest BCUT2D eigenvalue weighted by Gasteiger charge is 2.26. The van der Waals surface area contributed by atoms with Gasteiger partial charge in [0.25, 0.3) is 10.0 Å². The highest BCUT2D eigenvalue weighted by molar-refractivity contribution is 9.10. The molecule has 0 aliphatic rings. The molecule has 0 bridgehead atoms. The second-order valence-corrected chi connectivity index (χ2v) is 9.17. The zero-order chi connectivity index (χ0) is 21.7. The number of hydrogen-bond donors (Lipinski definition) is 0. The molecule has 6 nitrogen and oxygen atoms in total. The number of anilines is 1. The molecule has 0 spiro atoms. The maximum Gasteiger partial charge on any atom is 0.264 e. The van der Waals surface area contributed by atoms with Crippen molar-refractivity contribution in [2.45, 2.75) is 11.4 Å². The molecule has 0 aromatic heterocycles. The van der Waals surface area contributed by atoms with E-state index in [1.54, 1.807) is 68.8 Å². The van der Waals surface area contributed by atoms with Crippen LogP contribution in [0.4, 0.5) is 5.69 Å². The molecule has 30 heavy (non-hydrogen) atoms. The van der Waals surface area contributed by atoms with Crippen LogP contribution in [0.15, 0.2) is 76.1 Å². The fourth-order valence-corrected chi connectivity index (χ4v) is 4.83. The minimum atomic E-state index is -3.89. The average Bonchev–Trinajstić information content (AvgIpc) is 2.77. The number of methoxy groups -OCH3 is 3. The second-order valence-electron chi connectivity index (χ2n) is 6.39. The summed E-state index contributed by atoms with van der Waals surface area (Å²) in [4.78, 5) is 0.136. The van der Waals surface area contributed by atoms with Gasteiger partial charge < -0.3 is 14.2 Å². The van der Waals surface area contributed by atoms with Gasteiger partial charge in [-0.05, 0) is 48.0 Å². The molecule has 0 aliphatic heterocycles. The van der Waals surface area contributed by atoms with Crippen LogP contribution in [0.5, 0.6) is 17.2 Å². The van der Waals surface area contributed by atoms with Gasteiger partial charge in [0.15, 0.2) is 0 Å². The summed E-state index contributed by atoms with van der Waals surface area (Å²) in [7, 11) is 0.717. The molecule has 3 aromatic rings. The Morgan fingerprint density at radius 1 is 0.800 bits per heavy atom. The van der Waals surface area contributed by atoms with Gasteiger partial charge in [-0.1, -0.05) is 28.1 Å². The van der Waals surface area contributed by atoms with E-state index in [1.807, 2.05) is 6.07 Å². The molecule has 158 valence electrons. The molecule has 0 fully saturated rings. The van der Waals surface area contributed by atoms with Gasteiger partial charge in [-0.25, -0.2) is 8.42 Å². The Balaban J connectivity index is 2.12. The summed E-state index contributed by atoms with van der Waals surface area (Å²) in [6.07, 6.45) is 0. The molecule has 0 saturated carbocycles. The lowest BCUT2D eigenvalue weighted by Gasteiger charge is -2.25. The van der Waals surface area contributed by atoms with Gasteiger partial charge in [0, 0.05) is 16.6 Å². The van der Waals surface area contributed by atoms with E-state index >= 15 is 0 Å². The third-order valence-electron chi connectivity index (χ3n) is 4.46. The molecule has 0 heterocycles. The molecule has 0 radical (unpaired) electrons. The van der Waals surface area contributed by atoms with Crippen LogP contribution in [0.1, 0.15) is 5.56 Å². The topological polar surface area (TPSA) is 65.1 Å². The Morgan fingerprint density at radius 2 is 1.43 bits per heavy atom. The van der Waals surface area contributed by atoms with Crippen LogP contribution < -0.4 is 18.5 Å². The first-order valence-corrected chi connectivity index (χ1v) is 11.2. The normalized spacial score (nSPS) is 11.1. The van der Waals surface area contributed by atoms with Gasteiger partial charge in [0.1, 0.15) is 17.2 Å². The summed E-state index contributed by atoms with van der Waals surface area (Å²) >= 11 is 3.43. The first-order valence-electron chi connectivity index (χ1n) is 9.01. The first kappa shape index (κ1) is 22.0. The molecule has 0 amide bonds. The van der Waals surface area contributed by atoms with Crippen LogP contribution in [0.25, 0.3) is 0 Å². The molecule has 0 saturated heterocycles. The zero-order valence-electron chi connectivity index (χ0n) is 16.8. The number of sulfonamides is 1. The van der Waals surface area contributed by atoms with Gasteiger partial charge >= 0.3 is 0 Å². The van der Waals surface area contributed by atoms with Gasteiger partial charge in [0.05, 0.1) is 38.5 Å². The summed E-state index contributed by atoms with van der Waals surface area (Å²) in [5.41, 5.74) is 1.24. The fourth-order valence-electron chi connectivity index (χ4n) is 2.96. The third kappa shape index (κ3) is 4.88. The lowest BCUT2D eigenvalue weighted by atomic mass is 10.2. The molecular weight excluding hydrogens is 470 g/mol. The molecule has 3 rings (SSSR count). The quantitative estimate of drug-likeness (QED) is 0.449. The van der Waals surface area contributed by atoms with Crippen LogP contribution in [-0.2, 0) is 16.6 Å². The molecule has 0 aliphatic carbocycles. The lowest BCUT2D eigenvalue weighted by Crippen LogP contribution is -2.30. The first-order chi connectivity index (χ1) is 14.4. The van der Waals surface area contributed by atoms with Crippen molar-refractivity contribution < 1.29 is 22.6 Å². The Kier molecular flexibility index (Phi) is 6.89. The average molecular weight is 492 g/mol. The van der Waals surface area contributed by atoms with Crippen molar-refractivity contribution in [2.75, 3.05) is 25.6 Å². The van der Waals surface area contributed by atoms with Crippen molar-refractivity contribution in [1.29, 1.82) is 0 Å². The highest BCUT2D eigenvalue weighted by atomic mass is 79.9. The standard InChI is InChI=1S/C22H22BrNO5S/c1-27-19-8-5-9-22(14-19)30(25,26)24(18-7-4-6-17(23)12-18)15-16-10-20(28-2)13-21(11-16)29-3/h4-14H,15H2,1-3H3. The van der Waals surface area contributed by atoms with Crippen LogP contribution in [-0.4, -0.2) is 29.7 Å². The minimum absolute atomic E-state index is 0.0869. The lowest BCUT2D eigenvalue weighted by molar-refractivity contribution is 0.393. The fraction of sp³-hybridized carbons (Fsp3) is 0.182. The van der Waals surface area contributed by atoms with Crippen molar-refractivity contribution in [1.82, 2.24) is 0 Å². The number of nitrogens with zero attached hydrogens (tertiary/aromatic N) is 1. The van der Waals surface area contributed by atoms with Crippen LogP contribution in [0, 0.1) is 0 Å². The number of hydrogen-bond acceptors (Lipinski definition) is 5. The van der Waals surface area contributed by atoms with Gasteiger partial charge in [-0.15, -0.1) is 0 Å². The van der Waals surface area contributed by atoms with Gasteiger partial charge in [-0.2, -0.15) is 0 Å². The molecule has 0 N–H and O–H groups in total. The zero-order valence-corrected chi connectivity index (χ0v) is 19.2. The van der Waals surface area contributed by atoms with Crippen molar-refractivity contribution in [3.63, 3.8) is 0 Å². The van der Waals surface area contributed by atoms with E-state index < -0.39 is 10.0 Å². The van der Waals surface area contributed by atoms with Crippen molar-refractivity contribution in [3.8, 4) is 17.2 Å². The van der Waals surface area contributed by atoms with Crippen molar-refractivity contribution >= 4 is 31.6 Å². The Morgan fingerprint density at radius 3 is 2.03 bits per heavy atom. The van der Waals surface area contributed by atoms with Gasteiger partial charge in [0.2, 0.25) is 0 Å². The molecule has 3 aromatic carbocycles. The van der Waals surface area contributed by atoms with E-state index in [-0.39, 0.29) is 11.4 Å². The van der Waals surface area contributed by atoms with E-state index in [0.717, 1.165) is 10.0 Å². The molecule has 0 atom stereocenters. The van der Waals surface area contributed by atoms with Crippen molar-refractivity contribution in [3.05, 3.63) is 76.8 Å². The SMILES string of the molecule is COc1cc(CN(c2cccc(Br)c2)S(=O)(=O)c2cccc(OC)c2)cc(OC)c1. The van der Waals surface area contributed by atoms with Gasteiger partial charge in [-0.3, -0.25) is 4.31 Å². The summed E-state index contributed by atoms with van der Waals surface area (Å²) in [5, 5.41) is 0. The highest BCUT2D eigenvalue weighted by Crippen LogP contribution is 2.31. The number of benzene rings is 3. The molecule has 0 unspecified atom stereocenters. The summed E-state index contributed by atoms with van der Waals surface area (Å²) in [6, 6.07) is 18.9. The van der Waals surface area contributed by atoms with E-state index in [1.165, 1.54) is 17.5 Å². The molecule has 8 heteroatoms. The Bertz CT molecular complexity index is 1110. The second kappa shape index (κ2) is 9.40. The van der Waals surface area contributed by atoms with E-state index in [0.29, 0.717) is 22.9 Å². The van der Waals surface area contributed by atoms with Crippen LogP contribution in [0.3, 0.4) is 0 Å². The van der Waals surface area contributed by atoms with Crippen molar-refractivity contribution in [2.24, 2.45) is 0 Å². The summed E-state index contributed by atoms with van der Waals surface area (Å²) in [6.45, 7) is 0.0869.